The van der Waals surface area contributed by atoms with Crippen molar-refractivity contribution >= 4 is 17.9 Å². The average molecular weight is 256 g/mol. The second kappa shape index (κ2) is 6.33. The van der Waals surface area contributed by atoms with Gasteiger partial charge in [0.25, 0.3) is 0 Å². The topological polar surface area (TPSA) is 123 Å². The molecule has 98 valence electrons. The SMILES string of the molecule is CCOC(=O)c1nc(NN=O)[nH]c1C(=O)OCC. The van der Waals surface area contributed by atoms with Crippen molar-refractivity contribution in [2.24, 2.45) is 5.29 Å². The summed E-state index contributed by atoms with van der Waals surface area (Å²) in [4.78, 5) is 39.2. The van der Waals surface area contributed by atoms with Crippen LogP contribution in [-0.4, -0.2) is 35.1 Å². The Morgan fingerprint density at radius 1 is 1.28 bits per heavy atom. The van der Waals surface area contributed by atoms with Crippen LogP contribution in [0.3, 0.4) is 0 Å². The molecule has 1 rings (SSSR count). The molecule has 9 heteroatoms. The zero-order valence-corrected chi connectivity index (χ0v) is 9.85. The second-order valence-electron chi connectivity index (χ2n) is 2.95. The van der Waals surface area contributed by atoms with Crippen LogP contribution in [0.5, 0.6) is 0 Å². The molecule has 0 saturated heterocycles. The molecule has 0 radical (unpaired) electrons. The number of nitrogens with one attached hydrogen (secondary N) is 2. The van der Waals surface area contributed by atoms with Crippen LogP contribution in [0.4, 0.5) is 5.95 Å². The minimum Gasteiger partial charge on any atom is -0.461 e. The minimum atomic E-state index is -0.796. The minimum absolute atomic E-state index is 0.128. The number of H-pyrrole nitrogens is 1. The Morgan fingerprint density at radius 2 is 1.89 bits per heavy atom. The fourth-order valence-electron chi connectivity index (χ4n) is 1.17. The molecule has 0 aliphatic heterocycles. The highest BCUT2D eigenvalue weighted by Gasteiger charge is 2.24. The zero-order valence-electron chi connectivity index (χ0n) is 9.85. The maximum atomic E-state index is 11.6. The zero-order chi connectivity index (χ0) is 13.5. The third kappa shape index (κ3) is 3.03. The van der Waals surface area contributed by atoms with Gasteiger partial charge in [-0.15, -0.1) is 4.91 Å². The molecular weight excluding hydrogens is 244 g/mol. The first-order valence-electron chi connectivity index (χ1n) is 5.16. The van der Waals surface area contributed by atoms with Crippen LogP contribution in [0.1, 0.15) is 34.8 Å². The Labute approximate surface area is 102 Å². The molecular formula is C9H12N4O5. The molecule has 0 aliphatic rings. The molecule has 18 heavy (non-hydrogen) atoms. The largest absolute Gasteiger partial charge is 0.461 e. The van der Waals surface area contributed by atoms with Crippen molar-refractivity contribution in [3.63, 3.8) is 0 Å². The Hall–Kier alpha value is -2.45. The summed E-state index contributed by atoms with van der Waals surface area (Å²) < 4.78 is 9.46. The van der Waals surface area contributed by atoms with Gasteiger partial charge in [0.2, 0.25) is 5.95 Å². The lowest BCUT2D eigenvalue weighted by atomic mass is 10.3. The number of anilines is 1. The van der Waals surface area contributed by atoms with Crippen molar-refractivity contribution in [3.05, 3.63) is 16.3 Å². The first-order chi connectivity index (χ1) is 8.63. The van der Waals surface area contributed by atoms with Crippen LogP contribution >= 0.6 is 0 Å². The van der Waals surface area contributed by atoms with Crippen molar-refractivity contribution in [3.8, 4) is 0 Å². The number of aromatic nitrogens is 2. The predicted octanol–water partition coefficient (Wildman–Crippen LogP) is 0.856. The maximum absolute atomic E-state index is 11.6. The number of hydrogen-bond donors (Lipinski definition) is 2. The van der Waals surface area contributed by atoms with Crippen LogP contribution in [0, 0.1) is 4.91 Å². The second-order valence-corrected chi connectivity index (χ2v) is 2.95. The summed E-state index contributed by atoms with van der Waals surface area (Å²) in [6, 6.07) is 0. The van der Waals surface area contributed by atoms with E-state index in [1.807, 2.05) is 5.43 Å². The predicted molar refractivity (Wildman–Crippen MR) is 59.9 cm³/mol. The lowest BCUT2D eigenvalue weighted by Crippen LogP contribution is -2.13. The number of esters is 2. The number of ether oxygens (including phenoxy) is 2. The Morgan fingerprint density at radius 3 is 2.44 bits per heavy atom. The molecule has 1 heterocycles. The van der Waals surface area contributed by atoms with Gasteiger partial charge in [-0.2, -0.15) is 0 Å². The number of nitroso groups, excluding NO2 is 1. The summed E-state index contributed by atoms with van der Waals surface area (Å²) in [6.07, 6.45) is 0. The van der Waals surface area contributed by atoms with Gasteiger partial charge < -0.3 is 14.5 Å². The highest BCUT2D eigenvalue weighted by molar-refractivity contribution is 6.01. The highest BCUT2D eigenvalue weighted by Crippen LogP contribution is 2.13. The fourth-order valence-corrected chi connectivity index (χ4v) is 1.17. The molecule has 9 nitrogen and oxygen atoms in total. The van der Waals surface area contributed by atoms with Crippen molar-refractivity contribution < 1.29 is 19.1 Å². The number of rotatable bonds is 6. The van der Waals surface area contributed by atoms with Crippen LogP contribution in [0.15, 0.2) is 5.29 Å². The van der Waals surface area contributed by atoms with Crippen LogP contribution in [0.25, 0.3) is 0 Å². The molecule has 0 aromatic carbocycles. The summed E-state index contributed by atoms with van der Waals surface area (Å²) in [5.41, 5.74) is 1.49. The lowest BCUT2D eigenvalue weighted by Gasteiger charge is -2.01. The van der Waals surface area contributed by atoms with Crippen molar-refractivity contribution in [1.29, 1.82) is 0 Å². The van der Waals surface area contributed by atoms with Crippen LogP contribution in [-0.2, 0) is 9.47 Å². The van der Waals surface area contributed by atoms with Gasteiger partial charge in [-0.1, -0.05) is 0 Å². The van der Waals surface area contributed by atoms with Gasteiger partial charge in [0.1, 0.15) is 0 Å². The third-order valence-corrected chi connectivity index (χ3v) is 1.80. The van der Waals surface area contributed by atoms with E-state index in [9.17, 15) is 14.5 Å². The molecule has 0 fully saturated rings. The summed E-state index contributed by atoms with van der Waals surface area (Å²) in [7, 11) is 0. The molecule has 0 unspecified atom stereocenters. The number of carbonyl (C=O) groups is 2. The molecule has 1 aromatic heterocycles. The fraction of sp³-hybridized carbons (Fsp3) is 0.444. The van der Waals surface area contributed by atoms with Gasteiger partial charge in [0.15, 0.2) is 11.4 Å². The van der Waals surface area contributed by atoms with Gasteiger partial charge in [-0.05, 0) is 13.8 Å². The monoisotopic (exact) mass is 256 g/mol. The van der Waals surface area contributed by atoms with Crippen molar-refractivity contribution in [2.45, 2.75) is 13.8 Å². The summed E-state index contributed by atoms with van der Waals surface area (Å²) >= 11 is 0. The van der Waals surface area contributed by atoms with E-state index in [4.69, 9.17) is 9.47 Å². The smallest absolute Gasteiger partial charge is 0.359 e. The molecule has 0 spiro atoms. The van der Waals surface area contributed by atoms with E-state index in [0.29, 0.717) is 0 Å². The van der Waals surface area contributed by atoms with Gasteiger partial charge in [-0.3, -0.25) is 0 Å². The van der Waals surface area contributed by atoms with E-state index in [2.05, 4.69) is 15.3 Å². The Bertz CT molecular complexity index is 420. The van der Waals surface area contributed by atoms with Crippen LogP contribution in [0.2, 0.25) is 0 Å². The molecule has 2 N–H and O–H groups in total. The number of aromatic amines is 1. The van der Waals surface area contributed by atoms with E-state index in [1.54, 1.807) is 13.8 Å². The number of hydrogen-bond acceptors (Lipinski definition) is 7. The first-order valence-corrected chi connectivity index (χ1v) is 5.16. The molecule has 0 atom stereocenters. The average Bonchev–Trinajstić information content (AvgIpc) is 2.74. The summed E-state index contributed by atoms with van der Waals surface area (Å²) in [5, 5.41) is 2.37. The quantitative estimate of drug-likeness (QED) is 0.439. The normalized spacial score (nSPS) is 9.67. The van der Waals surface area contributed by atoms with Gasteiger partial charge in [0.05, 0.1) is 18.5 Å². The Kier molecular flexibility index (Phi) is 4.78. The van der Waals surface area contributed by atoms with Gasteiger partial charge in [0, 0.05) is 0 Å². The van der Waals surface area contributed by atoms with Crippen molar-refractivity contribution in [2.75, 3.05) is 18.6 Å². The first kappa shape index (κ1) is 13.6. The molecule has 0 aliphatic carbocycles. The summed E-state index contributed by atoms with van der Waals surface area (Å²) in [6.45, 7) is 3.49. The van der Waals surface area contributed by atoms with E-state index in [0.717, 1.165) is 0 Å². The molecule has 1 aromatic rings. The third-order valence-electron chi connectivity index (χ3n) is 1.80. The summed E-state index contributed by atoms with van der Waals surface area (Å²) in [5.74, 6) is -1.71. The van der Waals surface area contributed by atoms with Crippen LogP contribution < -0.4 is 5.43 Å². The molecule has 0 amide bonds. The molecule has 0 saturated carbocycles. The van der Waals surface area contributed by atoms with Gasteiger partial charge in [-0.25, -0.2) is 20.0 Å². The maximum Gasteiger partial charge on any atom is 0.359 e. The molecule has 0 bridgehead atoms. The van der Waals surface area contributed by atoms with Crippen molar-refractivity contribution in [1.82, 2.24) is 9.97 Å². The lowest BCUT2D eigenvalue weighted by molar-refractivity contribution is 0.0471. The van der Waals surface area contributed by atoms with E-state index in [1.165, 1.54) is 0 Å². The van der Waals surface area contributed by atoms with E-state index < -0.39 is 11.9 Å². The standard InChI is InChI=1S/C9H12N4O5/c1-3-17-7(14)5-6(8(15)18-4-2)11-9(10-5)12-13-16/h3-4H2,1-2H3,(H2,10,11,12,16). The van der Waals surface area contributed by atoms with Gasteiger partial charge >= 0.3 is 11.9 Å². The number of imidazole rings is 1. The van der Waals surface area contributed by atoms with E-state index in [-0.39, 0.29) is 30.5 Å². The van der Waals surface area contributed by atoms with E-state index >= 15 is 0 Å². The highest BCUT2D eigenvalue weighted by atomic mass is 16.5. The Balaban J connectivity index is 3.07. The number of carbonyl (C=O) groups excluding carboxylic acids is 2. The number of nitrogens with zero attached hydrogens (tertiary/aromatic N) is 2.